The summed E-state index contributed by atoms with van der Waals surface area (Å²) in [5, 5.41) is 0.643. The van der Waals surface area contributed by atoms with Gasteiger partial charge in [0, 0.05) is 41.2 Å². The highest BCUT2D eigenvalue weighted by Crippen LogP contribution is 2.45. The molecule has 4 rings (SSSR count). The maximum Gasteiger partial charge on any atom is 0.253 e. The van der Waals surface area contributed by atoms with Gasteiger partial charge < -0.3 is 15.4 Å². The van der Waals surface area contributed by atoms with E-state index in [0.717, 1.165) is 37.2 Å². The summed E-state index contributed by atoms with van der Waals surface area (Å²) < 4.78 is 5.93. The minimum Gasteiger partial charge on any atom is -0.492 e. The van der Waals surface area contributed by atoms with Crippen LogP contribution < -0.4 is 10.5 Å². The summed E-state index contributed by atoms with van der Waals surface area (Å²) in [6.07, 6.45) is 1.82. The van der Waals surface area contributed by atoms with E-state index in [0.29, 0.717) is 23.7 Å². The first kappa shape index (κ1) is 16.4. The molecule has 2 aliphatic rings. The molecule has 1 fully saturated rings. The van der Waals surface area contributed by atoms with Crippen LogP contribution in [-0.2, 0) is 12.0 Å². The third-order valence-corrected chi connectivity index (χ3v) is 5.71. The Labute approximate surface area is 152 Å². The Morgan fingerprint density at radius 2 is 1.88 bits per heavy atom. The number of piperidine rings is 1. The molecular weight excluding hydrogens is 336 g/mol. The van der Waals surface area contributed by atoms with E-state index < -0.39 is 0 Å². The van der Waals surface area contributed by atoms with Crippen molar-refractivity contribution in [2.75, 3.05) is 19.7 Å². The van der Waals surface area contributed by atoms with Gasteiger partial charge in [-0.2, -0.15) is 0 Å². The monoisotopic (exact) mass is 356 g/mol. The van der Waals surface area contributed by atoms with E-state index in [1.165, 1.54) is 5.56 Å². The number of fused-ring (bicyclic) bond motifs is 2. The number of amides is 1. The van der Waals surface area contributed by atoms with Crippen LogP contribution in [0.2, 0.25) is 5.02 Å². The summed E-state index contributed by atoms with van der Waals surface area (Å²) >= 11 is 5.91. The average Bonchev–Trinajstić information content (AvgIpc) is 3.00. The van der Waals surface area contributed by atoms with Crippen molar-refractivity contribution in [2.45, 2.75) is 24.8 Å². The molecule has 0 atom stereocenters. The van der Waals surface area contributed by atoms with Gasteiger partial charge in [-0.05, 0) is 48.7 Å². The predicted octanol–water partition coefficient (Wildman–Crippen LogP) is 3.37. The van der Waals surface area contributed by atoms with Crippen molar-refractivity contribution < 1.29 is 9.53 Å². The Balaban J connectivity index is 1.51. The fraction of sp³-hybridized carbons (Fsp3) is 0.350. The van der Waals surface area contributed by atoms with E-state index in [-0.39, 0.29) is 11.3 Å². The van der Waals surface area contributed by atoms with Crippen molar-refractivity contribution in [3.8, 4) is 5.75 Å². The van der Waals surface area contributed by atoms with E-state index in [4.69, 9.17) is 22.1 Å². The fourth-order valence-corrected chi connectivity index (χ4v) is 3.99. The molecule has 2 aromatic rings. The normalized spacial score (nSPS) is 18.1. The first-order chi connectivity index (χ1) is 12.1. The summed E-state index contributed by atoms with van der Waals surface area (Å²) in [7, 11) is 0. The van der Waals surface area contributed by atoms with Crippen molar-refractivity contribution in [1.29, 1.82) is 0 Å². The van der Waals surface area contributed by atoms with Gasteiger partial charge in [0.05, 0.1) is 6.61 Å². The van der Waals surface area contributed by atoms with Crippen LogP contribution in [0.1, 0.15) is 34.3 Å². The fourth-order valence-electron chi connectivity index (χ4n) is 3.86. The predicted molar refractivity (Wildman–Crippen MR) is 98.1 cm³/mol. The lowest BCUT2D eigenvalue weighted by molar-refractivity contribution is 0.0646. The van der Waals surface area contributed by atoms with Crippen LogP contribution >= 0.6 is 11.6 Å². The maximum absolute atomic E-state index is 12.7. The van der Waals surface area contributed by atoms with E-state index in [9.17, 15) is 4.79 Å². The molecule has 25 heavy (non-hydrogen) atoms. The highest BCUT2D eigenvalue weighted by molar-refractivity contribution is 6.30. The largest absolute Gasteiger partial charge is 0.492 e. The van der Waals surface area contributed by atoms with Gasteiger partial charge in [-0.1, -0.05) is 23.7 Å². The Hall–Kier alpha value is -2.04. The minimum absolute atomic E-state index is 0.0112. The van der Waals surface area contributed by atoms with Gasteiger partial charge in [0.15, 0.2) is 0 Å². The Morgan fingerprint density at radius 1 is 1.16 bits per heavy atom. The molecule has 5 heteroatoms. The van der Waals surface area contributed by atoms with E-state index in [1.54, 1.807) is 24.3 Å². The van der Waals surface area contributed by atoms with Crippen LogP contribution in [-0.4, -0.2) is 30.5 Å². The number of nitrogens with two attached hydrogens (primary N) is 1. The highest BCUT2D eigenvalue weighted by atomic mass is 35.5. The molecule has 2 aliphatic heterocycles. The molecule has 0 aliphatic carbocycles. The Kier molecular flexibility index (Phi) is 4.18. The molecule has 4 nitrogen and oxygen atoms in total. The molecular formula is C20H21ClN2O2. The lowest BCUT2D eigenvalue weighted by atomic mass is 9.74. The van der Waals surface area contributed by atoms with Gasteiger partial charge in [0.2, 0.25) is 0 Å². The molecule has 0 radical (unpaired) electrons. The van der Waals surface area contributed by atoms with Crippen molar-refractivity contribution in [2.24, 2.45) is 5.73 Å². The molecule has 0 saturated carbocycles. The molecule has 2 N–H and O–H groups in total. The van der Waals surface area contributed by atoms with Crippen LogP contribution in [0, 0.1) is 0 Å². The van der Waals surface area contributed by atoms with Gasteiger partial charge in [-0.3, -0.25) is 4.79 Å². The Morgan fingerprint density at radius 3 is 2.56 bits per heavy atom. The second-order valence-corrected chi connectivity index (χ2v) is 7.34. The number of ether oxygens (including phenoxy) is 1. The zero-order valence-electron chi connectivity index (χ0n) is 14.0. The molecule has 2 heterocycles. The van der Waals surface area contributed by atoms with Crippen LogP contribution in [0.5, 0.6) is 5.75 Å². The zero-order chi connectivity index (χ0) is 17.4. The average molecular weight is 357 g/mol. The van der Waals surface area contributed by atoms with Gasteiger partial charge in [0.25, 0.3) is 5.91 Å². The molecule has 0 bridgehead atoms. The Bertz CT molecular complexity index is 796. The van der Waals surface area contributed by atoms with Gasteiger partial charge in [-0.15, -0.1) is 0 Å². The third-order valence-electron chi connectivity index (χ3n) is 5.45. The number of likely N-dealkylation sites (tertiary alicyclic amines) is 1. The van der Waals surface area contributed by atoms with Crippen molar-refractivity contribution in [1.82, 2.24) is 4.90 Å². The smallest absolute Gasteiger partial charge is 0.253 e. The van der Waals surface area contributed by atoms with Crippen molar-refractivity contribution in [3.05, 3.63) is 64.2 Å². The molecule has 0 unspecified atom stereocenters. The lowest BCUT2D eigenvalue weighted by Crippen LogP contribution is -2.46. The number of nitrogens with zero attached hydrogens (tertiary/aromatic N) is 1. The molecule has 0 aromatic heterocycles. The van der Waals surface area contributed by atoms with Gasteiger partial charge in [0.1, 0.15) is 5.75 Å². The number of carbonyl (C=O) groups is 1. The quantitative estimate of drug-likeness (QED) is 0.897. The van der Waals surface area contributed by atoms with Gasteiger partial charge in [-0.25, -0.2) is 0 Å². The summed E-state index contributed by atoms with van der Waals surface area (Å²) in [6.45, 7) is 2.69. The molecule has 1 spiro atoms. The third kappa shape index (κ3) is 2.90. The van der Waals surface area contributed by atoms with Gasteiger partial charge >= 0.3 is 0 Å². The second kappa shape index (κ2) is 6.36. The maximum atomic E-state index is 12.7. The molecule has 130 valence electrons. The number of hydrogen-bond acceptors (Lipinski definition) is 3. The van der Waals surface area contributed by atoms with Crippen LogP contribution in [0.3, 0.4) is 0 Å². The molecule has 1 saturated heterocycles. The first-order valence-electron chi connectivity index (χ1n) is 8.62. The summed E-state index contributed by atoms with van der Waals surface area (Å²) in [4.78, 5) is 14.6. The standard InChI is InChI=1S/C20H21ClN2O2/c21-16-4-2-15(3-5-16)19(24)23-9-7-20(8-10-23)13-25-18-6-1-14(12-22)11-17(18)20/h1-6,11H,7-10,12-13,22H2. The topological polar surface area (TPSA) is 55.6 Å². The van der Waals surface area contributed by atoms with Crippen LogP contribution in [0.25, 0.3) is 0 Å². The second-order valence-electron chi connectivity index (χ2n) is 6.90. The van der Waals surface area contributed by atoms with E-state index in [1.807, 2.05) is 17.0 Å². The molecule has 2 aromatic carbocycles. The SMILES string of the molecule is NCc1ccc2c(c1)C1(CCN(C(=O)c3ccc(Cl)cc3)CC1)CO2. The lowest BCUT2D eigenvalue weighted by Gasteiger charge is -2.38. The summed E-state index contributed by atoms with van der Waals surface area (Å²) in [5.74, 6) is 1.04. The van der Waals surface area contributed by atoms with Crippen LogP contribution in [0.4, 0.5) is 0 Å². The van der Waals surface area contributed by atoms with Crippen molar-refractivity contribution in [3.63, 3.8) is 0 Å². The highest BCUT2D eigenvalue weighted by Gasteiger charge is 2.43. The van der Waals surface area contributed by atoms with E-state index >= 15 is 0 Å². The zero-order valence-corrected chi connectivity index (χ0v) is 14.8. The number of carbonyl (C=O) groups excluding carboxylic acids is 1. The van der Waals surface area contributed by atoms with Crippen LogP contribution in [0.15, 0.2) is 42.5 Å². The van der Waals surface area contributed by atoms with Crippen molar-refractivity contribution >= 4 is 17.5 Å². The first-order valence-corrected chi connectivity index (χ1v) is 9.00. The summed E-state index contributed by atoms with van der Waals surface area (Å²) in [6, 6.07) is 13.3. The number of benzene rings is 2. The minimum atomic E-state index is 0.0112. The number of rotatable bonds is 2. The number of halogens is 1. The molecule has 1 amide bonds. The summed E-state index contributed by atoms with van der Waals surface area (Å²) in [5.41, 5.74) is 8.88. The number of hydrogen-bond donors (Lipinski definition) is 1. The van der Waals surface area contributed by atoms with E-state index in [2.05, 4.69) is 6.07 Å².